The summed E-state index contributed by atoms with van der Waals surface area (Å²) in [4.78, 5) is 33.1. The van der Waals surface area contributed by atoms with Crippen molar-refractivity contribution in [2.75, 3.05) is 13.1 Å². The van der Waals surface area contributed by atoms with Crippen LogP contribution in [0.1, 0.15) is 35.0 Å². The van der Waals surface area contributed by atoms with Crippen LogP contribution in [0.2, 0.25) is 0 Å². The summed E-state index contributed by atoms with van der Waals surface area (Å²) < 4.78 is 13.9. The molecule has 0 radical (unpaired) electrons. The highest BCUT2D eigenvalue weighted by Gasteiger charge is 2.29. The molecule has 0 unspecified atom stereocenters. The highest BCUT2D eigenvalue weighted by molar-refractivity contribution is 5.79. The minimum absolute atomic E-state index is 0.00525. The molecule has 0 aliphatic carbocycles. The average molecular weight is 329 g/mol. The topological polar surface area (TPSA) is 66.1 Å². The summed E-state index contributed by atoms with van der Waals surface area (Å²) in [5.41, 5.74) is 1.37. The number of aromatic nitrogens is 2. The second kappa shape index (κ2) is 6.55. The van der Waals surface area contributed by atoms with Crippen LogP contribution in [0, 0.1) is 19.7 Å². The van der Waals surface area contributed by atoms with Crippen LogP contribution in [-0.4, -0.2) is 33.9 Å². The molecule has 3 rings (SSSR count). The van der Waals surface area contributed by atoms with Gasteiger partial charge in [0, 0.05) is 30.3 Å². The van der Waals surface area contributed by atoms with E-state index in [9.17, 15) is 14.0 Å². The highest BCUT2D eigenvalue weighted by Crippen LogP contribution is 2.29. The van der Waals surface area contributed by atoms with Crippen molar-refractivity contribution < 1.29 is 9.18 Å². The summed E-state index contributed by atoms with van der Waals surface area (Å²) in [6.45, 7) is 4.50. The van der Waals surface area contributed by atoms with E-state index in [1.807, 2.05) is 6.07 Å². The van der Waals surface area contributed by atoms with Crippen LogP contribution in [0.4, 0.5) is 4.39 Å². The van der Waals surface area contributed by atoms with Crippen molar-refractivity contribution in [1.29, 1.82) is 0 Å². The van der Waals surface area contributed by atoms with Crippen LogP contribution in [0.5, 0.6) is 0 Å². The van der Waals surface area contributed by atoms with E-state index in [-0.39, 0.29) is 29.6 Å². The number of hydrogen-bond acceptors (Lipinski definition) is 3. The standard InChI is InChI=1S/C18H20FN3O2/c1-11-15(18(24)21-12(2)20-11)9-17(23)22-8-7-13(10-22)14-5-3-4-6-16(14)19/h3-6,13H,7-10H2,1-2H3,(H,20,21,24)/t13-/m0/s1. The number of carbonyl (C=O) groups excluding carboxylic acids is 1. The molecule has 1 aromatic carbocycles. The Morgan fingerprint density at radius 3 is 2.83 bits per heavy atom. The lowest BCUT2D eigenvalue weighted by Gasteiger charge is -2.17. The number of nitrogens with one attached hydrogen (secondary N) is 1. The molecule has 1 aromatic heterocycles. The summed E-state index contributed by atoms with van der Waals surface area (Å²) in [6, 6.07) is 6.69. The average Bonchev–Trinajstić information content (AvgIpc) is 3.01. The van der Waals surface area contributed by atoms with Crippen molar-refractivity contribution in [3.8, 4) is 0 Å². The zero-order chi connectivity index (χ0) is 17.3. The van der Waals surface area contributed by atoms with Crippen LogP contribution >= 0.6 is 0 Å². The van der Waals surface area contributed by atoms with E-state index in [0.717, 1.165) is 6.42 Å². The maximum absolute atomic E-state index is 13.9. The van der Waals surface area contributed by atoms with Crippen molar-refractivity contribution in [3.05, 3.63) is 63.1 Å². The highest BCUT2D eigenvalue weighted by atomic mass is 19.1. The fourth-order valence-corrected chi connectivity index (χ4v) is 3.27. The van der Waals surface area contributed by atoms with E-state index in [2.05, 4.69) is 9.97 Å². The van der Waals surface area contributed by atoms with E-state index < -0.39 is 0 Å². The molecule has 0 saturated carbocycles. The summed E-state index contributed by atoms with van der Waals surface area (Å²) in [5.74, 6) is 0.195. The molecule has 24 heavy (non-hydrogen) atoms. The van der Waals surface area contributed by atoms with Gasteiger partial charge in [-0.3, -0.25) is 9.59 Å². The number of aromatic amines is 1. The SMILES string of the molecule is Cc1nc(C)c(CC(=O)N2CC[C@H](c3ccccc3F)C2)c(=O)[nH]1. The van der Waals surface area contributed by atoms with E-state index >= 15 is 0 Å². The predicted octanol–water partition coefficient (Wildman–Crippen LogP) is 2.08. The summed E-state index contributed by atoms with van der Waals surface area (Å²) in [5, 5.41) is 0. The lowest BCUT2D eigenvalue weighted by Crippen LogP contribution is -2.32. The number of carbonyl (C=O) groups is 1. The molecule has 1 saturated heterocycles. The molecule has 1 amide bonds. The molecular weight excluding hydrogens is 309 g/mol. The van der Waals surface area contributed by atoms with Gasteiger partial charge in [0.1, 0.15) is 11.6 Å². The van der Waals surface area contributed by atoms with Crippen LogP contribution < -0.4 is 5.56 Å². The first kappa shape index (κ1) is 16.4. The molecule has 1 N–H and O–H groups in total. The molecule has 2 aromatic rings. The van der Waals surface area contributed by atoms with Gasteiger partial charge >= 0.3 is 0 Å². The Labute approximate surface area is 139 Å². The van der Waals surface area contributed by atoms with Crippen molar-refractivity contribution >= 4 is 5.91 Å². The number of hydrogen-bond donors (Lipinski definition) is 1. The minimum Gasteiger partial charge on any atom is -0.342 e. The van der Waals surface area contributed by atoms with Gasteiger partial charge in [0.15, 0.2) is 0 Å². The Balaban J connectivity index is 1.72. The quantitative estimate of drug-likeness (QED) is 0.937. The lowest BCUT2D eigenvalue weighted by atomic mass is 9.98. The summed E-state index contributed by atoms with van der Waals surface area (Å²) in [7, 11) is 0. The monoisotopic (exact) mass is 329 g/mol. The molecule has 126 valence electrons. The largest absolute Gasteiger partial charge is 0.342 e. The van der Waals surface area contributed by atoms with Gasteiger partial charge in [-0.05, 0) is 31.9 Å². The van der Waals surface area contributed by atoms with Crippen LogP contribution in [0.25, 0.3) is 0 Å². The third-order valence-electron chi connectivity index (χ3n) is 4.55. The first-order chi connectivity index (χ1) is 11.5. The fourth-order valence-electron chi connectivity index (χ4n) is 3.27. The number of likely N-dealkylation sites (tertiary alicyclic amines) is 1. The molecule has 2 heterocycles. The number of benzene rings is 1. The molecule has 1 aliphatic rings. The van der Waals surface area contributed by atoms with Gasteiger partial charge in [0.05, 0.1) is 6.42 Å². The van der Waals surface area contributed by atoms with Gasteiger partial charge in [-0.15, -0.1) is 0 Å². The third kappa shape index (κ3) is 3.22. The molecule has 1 atom stereocenters. The fraction of sp³-hybridized carbons (Fsp3) is 0.389. The molecule has 1 aliphatic heterocycles. The number of amides is 1. The number of rotatable bonds is 3. The van der Waals surface area contributed by atoms with Crippen LogP contribution in [0.15, 0.2) is 29.1 Å². The van der Waals surface area contributed by atoms with E-state index in [0.29, 0.717) is 35.7 Å². The van der Waals surface area contributed by atoms with Crippen molar-refractivity contribution in [2.45, 2.75) is 32.6 Å². The Kier molecular flexibility index (Phi) is 4.46. The molecule has 1 fully saturated rings. The van der Waals surface area contributed by atoms with Crippen molar-refractivity contribution in [3.63, 3.8) is 0 Å². The van der Waals surface area contributed by atoms with Crippen molar-refractivity contribution in [2.24, 2.45) is 0 Å². The summed E-state index contributed by atoms with van der Waals surface area (Å²) in [6.07, 6.45) is 0.757. The molecular formula is C18H20FN3O2. The van der Waals surface area contributed by atoms with Gasteiger partial charge in [0.2, 0.25) is 5.91 Å². The van der Waals surface area contributed by atoms with E-state index in [1.165, 1.54) is 6.07 Å². The summed E-state index contributed by atoms with van der Waals surface area (Å²) >= 11 is 0. The maximum Gasteiger partial charge on any atom is 0.254 e. The number of halogens is 1. The Hall–Kier alpha value is -2.50. The zero-order valence-electron chi connectivity index (χ0n) is 13.8. The van der Waals surface area contributed by atoms with E-state index in [4.69, 9.17) is 0 Å². The van der Waals surface area contributed by atoms with Gasteiger partial charge in [-0.25, -0.2) is 9.37 Å². The second-order valence-electron chi connectivity index (χ2n) is 6.24. The van der Waals surface area contributed by atoms with Crippen LogP contribution in [0.3, 0.4) is 0 Å². The number of H-pyrrole nitrogens is 1. The number of nitrogens with zero attached hydrogens (tertiary/aromatic N) is 2. The van der Waals surface area contributed by atoms with E-state index in [1.54, 1.807) is 30.9 Å². The molecule has 5 nitrogen and oxygen atoms in total. The second-order valence-corrected chi connectivity index (χ2v) is 6.24. The Morgan fingerprint density at radius 2 is 2.12 bits per heavy atom. The van der Waals surface area contributed by atoms with Gasteiger partial charge in [-0.1, -0.05) is 18.2 Å². The van der Waals surface area contributed by atoms with Gasteiger partial charge in [-0.2, -0.15) is 0 Å². The predicted molar refractivity (Wildman–Crippen MR) is 88.4 cm³/mol. The maximum atomic E-state index is 13.9. The Bertz CT molecular complexity index is 831. The first-order valence-corrected chi connectivity index (χ1v) is 8.04. The normalized spacial score (nSPS) is 17.3. The molecule has 0 spiro atoms. The Morgan fingerprint density at radius 1 is 1.38 bits per heavy atom. The van der Waals surface area contributed by atoms with Crippen LogP contribution in [-0.2, 0) is 11.2 Å². The lowest BCUT2D eigenvalue weighted by molar-refractivity contribution is -0.129. The molecule has 0 bridgehead atoms. The number of aryl methyl sites for hydroxylation is 2. The first-order valence-electron chi connectivity index (χ1n) is 8.04. The molecule has 6 heteroatoms. The zero-order valence-corrected chi connectivity index (χ0v) is 13.8. The minimum atomic E-state index is -0.266. The van der Waals surface area contributed by atoms with Gasteiger partial charge < -0.3 is 9.88 Å². The smallest absolute Gasteiger partial charge is 0.254 e. The van der Waals surface area contributed by atoms with Gasteiger partial charge in [0.25, 0.3) is 5.56 Å². The third-order valence-corrected chi connectivity index (χ3v) is 4.55. The van der Waals surface area contributed by atoms with Crippen molar-refractivity contribution in [1.82, 2.24) is 14.9 Å².